The van der Waals surface area contributed by atoms with Crippen molar-refractivity contribution in [2.45, 2.75) is 13.8 Å². The van der Waals surface area contributed by atoms with Gasteiger partial charge in [-0.05, 0) is 25.5 Å². The molecule has 5 nitrogen and oxygen atoms in total. The molecule has 2 N–H and O–H groups in total. The summed E-state index contributed by atoms with van der Waals surface area (Å²) in [5.41, 5.74) is -0.0637. The van der Waals surface area contributed by atoms with E-state index in [0.29, 0.717) is 0 Å². The number of hydrogen-bond donors (Lipinski definition) is 2. The lowest BCUT2D eigenvalue weighted by atomic mass is 10.1. The highest BCUT2D eigenvalue weighted by Gasteiger charge is 2.15. The third kappa shape index (κ3) is 4.09. The Morgan fingerprint density at radius 2 is 1.87 bits per heavy atom. The van der Waals surface area contributed by atoms with Crippen LogP contribution in [-0.4, -0.2) is 24.0 Å². The van der Waals surface area contributed by atoms with Gasteiger partial charge in [-0.2, -0.15) is 8.42 Å². The molecule has 0 aromatic heterocycles. The Morgan fingerprint density at radius 1 is 1.40 bits per heavy atom. The summed E-state index contributed by atoms with van der Waals surface area (Å²) in [5, 5.41) is 8.72. The van der Waals surface area contributed by atoms with Gasteiger partial charge in [0.15, 0.2) is 0 Å². The minimum absolute atomic E-state index is 0.200. The molecule has 0 unspecified atom stereocenters. The SMILES string of the molecule is C=C(C)/C(=C\C(=C/C)S(=O)(=O)O)C(=O)O. The van der Waals surface area contributed by atoms with Crippen LogP contribution in [0.15, 0.2) is 34.8 Å². The molecule has 15 heavy (non-hydrogen) atoms. The third-order valence-electron chi connectivity index (χ3n) is 1.56. The van der Waals surface area contributed by atoms with Crippen LogP contribution in [-0.2, 0) is 14.9 Å². The summed E-state index contributed by atoms with van der Waals surface area (Å²) >= 11 is 0. The molecule has 0 aliphatic heterocycles. The second kappa shape index (κ2) is 4.90. The minimum Gasteiger partial charge on any atom is -0.478 e. The van der Waals surface area contributed by atoms with E-state index >= 15 is 0 Å². The summed E-state index contributed by atoms with van der Waals surface area (Å²) in [7, 11) is -4.40. The quantitative estimate of drug-likeness (QED) is 0.434. The molecule has 0 saturated heterocycles. The molecule has 0 aliphatic rings. The highest BCUT2D eigenvalue weighted by molar-refractivity contribution is 7.90. The highest BCUT2D eigenvalue weighted by atomic mass is 32.2. The average molecular weight is 232 g/mol. The van der Waals surface area contributed by atoms with E-state index in [0.717, 1.165) is 12.2 Å². The van der Waals surface area contributed by atoms with Gasteiger partial charge in [0.2, 0.25) is 0 Å². The second-order valence-corrected chi connectivity index (χ2v) is 4.23. The van der Waals surface area contributed by atoms with Crippen molar-refractivity contribution in [3.05, 3.63) is 34.8 Å². The van der Waals surface area contributed by atoms with E-state index in [2.05, 4.69) is 6.58 Å². The topological polar surface area (TPSA) is 91.7 Å². The zero-order valence-electron chi connectivity index (χ0n) is 8.39. The van der Waals surface area contributed by atoms with Gasteiger partial charge < -0.3 is 5.11 Å². The number of carbonyl (C=O) groups is 1. The molecule has 0 fully saturated rings. The molecule has 84 valence electrons. The molecule has 0 aromatic carbocycles. The van der Waals surface area contributed by atoms with Crippen LogP contribution in [0.2, 0.25) is 0 Å². The maximum atomic E-state index is 10.8. The standard InChI is InChI=1S/C9H12O5S/c1-4-7(15(12,13)14)5-8(6(2)3)9(10)11/h4-5H,2H2,1,3H3,(H,10,11)(H,12,13,14)/b7-4+,8-5+. The Balaban J connectivity index is 5.53. The van der Waals surface area contributed by atoms with Crippen LogP contribution in [0, 0.1) is 0 Å². The summed E-state index contributed by atoms with van der Waals surface area (Å²) in [5.74, 6) is -1.30. The van der Waals surface area contributed by atoms with E-state index in [-0.39, 0.29) is 11.1 Å². The van der Waals surface area contributed by atoms with Crippen molar-refractivity contribution in [2.75, 3.05) is 0 Å². The fourth-order valence-corrected chi connectivity index (χ4v) is 1.38. The molecule has 0 spiro atoms. The van der Waals surface area contributed by atoms with E-state index in [1.54, 1.807) is 0 Å². The van der Waals surface area contributed by atoms with Crippen LogP contribution in [0.5, 0.6) is 0 Å². The Morgan fingerprint density at radius 3 is 2.07 bits per heavy atom. The first-order valence-corrected chi connectivity index (χ1v) is 5.38. The summed E-state index contributed by atoms with van der Waals surface area (Å²) in [6.45, 7) is 6.19. The number of aliphatic carboxylic acids is 1. The van der Waals surface area contributed by atoms with E-state index in [4.69, 9.17) is 9.66 Å². The molecule has 0 heterocycles. The Hall–Kier alpha value is -1.40. The predicted molar refractivity (Wildman–Crippen MR) is 55.8 cm³/mol. The van der Waals surface area contributed by atoms with Gasteiger partial charge in [0, 0.05) is 0 Å². The maximum Gasteiger partial charge on any atom is 0.335 e. The number of carboxylic acid groups (broad SMARTS) is 1. The van der Waals surface area contributed by atoms with E-state index in [1.807, 2.05) is 0 Å². The van der Waals surface area contributed by atoms with Crippen LogP contribution in [0.1, 0.15) is 13.8 Å². The van der Waals surface area contributed by atoms with Crippen molar-refractivity contribution < 1.29 is 22.9 Å². The van der Waals surface area contributed by atoms with Crippen LogP contribution >= 0.6 is 0 Å². The van der Waals surface area contributed by atoms with Crippen molar-refractivity contribution in [1.29, 1.82) is 0 Å². The van der Waals surface area contributed by atoms with Gasteiger partial charge in [0.05, 0.1) is 10.5 Å². The normalized spacial score (nSPS) is 13.8. The smallest absolute Gasteiger partial charge is 0.335 e. The molecular formula is C9H12O5S. The zero-order valence-corrected chi connectivity index (χ0v) is 9.21. The summed E-state index contributed by atoms with van der Waals surface area (Å²) in [4.78, 5) is 10.2. The number of hydrogen-bond acceptors (Lipinski definition) is 3. The largest absolute Gasteiger partial charge is 0.478 e. The third-order valence-corrected chi connectivity index (χ3v) is 2.51. The summed E-state index contributed by atoms with van der Waals surface area (Å²) in [6, 6.07) is 0. The Kier molecular flexibility index (Phi) is 4.44. The van der Waals surface area contributed by atoms with Gasteiger partial charge >= 0.3 is 5.97 Å². The van der Waals surface area contributed by atoms with E-state index in [1.165, 1.54) is 13.8 Å². The van der Waals surface area contributed by atoms with Crippen molar-refractivity contribution in [3.63, 3.8) is 0 Å². The fraction of sp³-hybridized carbons (Fsp3) is 0.222. The average Bonchev–Trinajstić information content (AvgIpc) is 2.01. The minimum atomic E-state index is -4.40. The van der Waals surface area contributed by atoms with Gasteiger partial charge in [0.1, 0.15) is 0 Å². The first-order valence-electron chi connectivity index (χ1n) is 3.94. The fourth-order valence-electron chi connectivity index (χ4n) is 0.816. The van der Waals surface area contributed by atoms with E-state index in [9.17, 15) is 13.2 Å². The van der Waals surface area contributed by atoms with Crippen molar-refractivity contribution >= 4 is 16.1 Å². The van der Waals surface area contributed by atoms with Crippen LogP contribution < -0.4 is 0 Å². The molecule has 0 aliphatic carbocycles. The molecule has 0 atom stereocenters. The van der Waals surface area contributed by atoms with Gasteiger partial charge in [-0.3, -0.25) is 4.55 Å². The van der Waals surface area contributed by atoms with Crippen LogP contribution in [0.3, 0.4) is 0 Å². The number of allylic oxidation sites excluding steroid dienone is 2. The number of rotatable bonds is 4. The summed E-state index contributed by atoms with van der Waals surface area (Å²) < 4.78 is 30.3. The second-order valence-electron chi connectivity index (χ2n) is 2.81. The molecular weight excluding hydrogens is 220 g/mol. The van der Waals surface area contributed by atoms with E-state index < -0.39 is 21.0 Å². The van der Waals surface area contributed by atoms with Gasteiger partial charge in [-0.1, -0.05) is 12.7 Å². The first-order chi connectivity index (χ1) is 6.70. The predicted octanol–water partition coefficient (Wildman–Crippen LogP) is 1.37. The molecule has 6 heteroatoms. The van der Waals surface area contributed by atoms with Crippen LogP contribution in [0.4, 0.5) is 0 Å². The van der Waals surface area contributed by atoms with Crippen LogP contribution in [0.25, 0.3) is 0 Å². The molecule has 0 aromatic rings. The highest BCUT2D eigenvalue weighted by Crippen LogP contribution is 2.14. The zero-order chi connectivity index (χ0) is 12.2. The lowest BCUT2D eigenvalue weighted by Crippen LogP contribution is -2.05. The first kappa shape index (κ1) is 13.6. The molecule has 0 radical (unpaired) electrons. The molecule has 0 amide bonds. The monoisotopic (exact) mass is 232 g/mol. The lowest BCUT2D eigenvalue weighted by molar-refractivity contribution is -0.132. The molecule has 0 saturated carbocycles. The van der Waals surface area contributed by atoms with Gasteiger partial charge in [0.25, 0.3) is 10.1 Å². The van der Waals surface area contributed by atoms with Crippen molar-refractivity contribution in [3.8, 4) is 0 Å². The van der Waals surface area contributed by atoms with Gasteiger partial charge in [-0.25, -0.2) is 4.79 Å². The molecule has 0 rings (SSSR count). The Bertz CT molecular complexity index is 423. The molecule has 0 bridgehead atoms. The lowest BCUT2D eigenvalue weighted by Gasteiger charge is -2.02. The maximum absolute atomic E-state index is 10.8. The number of carboxylic acids is 1. The van der Waals surface area contributed by atoms with Gasteiger partial charge in [-0.15, -0.1) is 0 Å². The van der Waals surface area contributed by atoms with Crippen molar-refractivity contribution in [2.24, 2.45) is 0 Å². The Labute approximate surface area is 88.2 Å². The summed E-state index contributed by atoms with van der Waals surface area (Å²) in [6.07, 6.45) is 1.96. The van der Waals surface area contributed by atoms with Crippen molar-refractivity contribution in [1.82, 2.24) is 0 Å².